The Kier molecular flexibility index (Phi) is 4.94. The Bertz CT molecular complexity index is 1130. The van der Waals surface area contributed by atoms with Crippen LogP contribution in [0.4, 0.5) is 11.6 Å². The summed E-state index contributed by atoms with van der Waals surface area (Å²) in [6.07, 6.45) is 7.01. The van der Waals surface area contributed by atoms with Gasteiger partial charge in [0.2, 0.25) is 5.95 Å². The Balaban J connectivity index is 1.39. The highest BCUT2D eigenvalue weighted by Gasteiger charge is 2.19. The summed E-state index contributed by atoms with van der Waals surface area (Å²) in [7, 11) is 0. The summed E-state index contributed by atoms with van der Waals surface area (Å²) in [5.41, 5.74) is 4.80. The molecule has 1 fully saturated rings. The Morgan fingerprint density at radius 1 is 1.00 bits per heavy atom. The van der Waals surface area contributed by atoms with Crippen molar-refractivity contribution >= 4 is 11.6 Å². The maximum Gasteiger partial charge on any atom is 0.227 e. The van der Waals surface area contributed by atoms with Crippen molar-refractivity contribution in [2.75, 3.05) is 18.5 Å². The molecule has 1 saturated heterocycles. The van der Waals surface area contributed by atoms with Crippen molar-refractivity contribution < 1.29 is 9.26 Å². The molecule has 152 valence electrons. The number of ether oxygens (including phenoxy) is 1. The second-order valence-electron chi connectivity index (χ2n) is 7.12. The van der Waals surface area contributed by atoms with Crippen LogP contribution in [0, 0.1) is 6.92 Å². The summed E-state index contributed by atoms with van der Waals surface area (Å²) in [6, 6.07) is 9.69. The fourth-order valence-corrected chi connectivity index (χ4v) is 3.59. The van der Waals surface area contributed by atoms with E-state index in [1.54, 1.807) is 12.3 Å². The van der Waals surface area contributed by atoms with Gasteiger partial charge in [0, 0.05) is 25.5 Å². The summed E-state index contributed by atoms with van der Waals surface area (Å²) in [4.78, 5) is 13.6. The molecule has 4 aromatic heterocycles. The molecule has 5 rings (SSSR count). The standard InChI is InChI=1S/C21H21N7O2/c1-14-20(13-23-28(14)15-6-10-29-11-7-15)26-21-22-9-5-18(25-21)16-3-2-4-17(24-16)19-8-12-30-27-19/h2-5,8-9,12-13,15H,6-7,10-11H2,1H3,(H,22,25,26). The SMILES string of the molecule is Cc1c(Nc2nccc(-c3cccc(-c4ccon4)n3)n2)cnn1C1CCOCC1. The zero-order chi connectivity index (χ0) is 20.3. The van der Waals surface area contributed by atoms with Crippen molar-refractivity contribution in [3.63, 3.8) is 0 Å². The van der Waals surface area contributed by atoms with Crippen LogP contribution in [0.15, 0.2) is 53.5 Å². The van der Waals surface area contributed by atoms with Gasteiger partial charge in [-0.1, -0.05) is 11.2 Å². The van der Waals surface area contributed by atoms with E-state index in [2.05, 4.69) is 42.1 Å². The van der Waals surface area contributed by atoms with E-state index in [4.69, 9.17) is 9.26 Å². The lowest BCUT2D eigenvalue weighted by atomic mass is 10.1. The van der Waals surface area contributed by atoms with E-state index < -0.39 is 0 Å². The van der Waals surface area contributed by atoms with Gasteiger partial charge in [0.1, 0.15) is 12.0 Å². The first-order valence-corrected chi connectivity index (χ1v) is 9.88. The van der Waals surface area contributed by atoms with Gasteiger partial charge in [-0.15, -0.1) is 0 Å². The van der Waals surface area contributed by atoms with E-state index in [0.717, 1.165) is 48.8 Å². The molecule has 0 aliphatic carbocycles. The van der Waals surface area contributed by atoms with E-state index in [9.17, 15) is 0 Å². The van der Waals surface area contributed by atoms with E-state index in [0.29, 0.717) is 23.4 Å². The first-order chi connectivity index (χ1) is 14.8. The fourth-order valence-electron chi connectivity index (χ4n) is 3.59. The molecule has 0 aromatic carbocycles. The van der Waals surface area contributed by atoms with Crippen molar-refractivity contribution in [3.05, 3.63) is 54.7 Å². The molecule has 9 heteroatoms. The van der Waals surface area contributed by atoms with Crippen LogP contribution in [0.3, 0.4) is 0 Å². The smallest absolute Gasteiger partial charge is 0.227 e. The van der Waals surface area contributed by atoms with Crippen LogP contribution in [-0.2, 0) is 4.74 Å². The minimum Gasteiger partial charge on any atom is -0.381 e. The second kappa shape index (κ2) is 8.03. The number of nitrogens with zero attached hydrogens (tertiary/aromatic N) is 6. The number of rotatable bonds is 5. The molecule has 0 amide bonds. The van der Waals surface area contributed by atoms with Crippen LogP contribution in [0.1, 0.15) is 24.6 Å². The van der Waals surface area contributed by atoms with Crippen LogP contribution in [0.2, 0.25) is 0 Å². The van der Waals surface area contributed by atoms with Gasteiger partial charge in [-0.2, -0.15) is 5.10 Å². The molecule has 0 spiro atoms. The molecule has 1 aliphatic rings. The lowest BCUT2D eigenvalue weighted by Crippen LogP contribution is -2.21. The summed E-state index contributed by atoms with van der Waals surface area (Å²) in [5.74, 6) is 0.496. The number of hydrogen-bond donors (Lipinski definition) is 1. The average molecular weight is 403 g/mol. The highest BCUT2D eigenvalue weighted by molar-refractivity contribution is 5.63. The van der Waals surface area contributed by atoms with E-state index in [1.165, 1.54) is 6.26 Å². The third-order valence-corrected chi connectivity index (χ3v) is 5.20. The topological polar surface area (TPSA) is 104 Å². The Morgan fingerprint density at radius 2 is 1.80 bits per heavy atom. The van der Waals surface area contributed by atoms with Crippen molar-refractivity contribution in [3.8, 4) is 22.8 Å². The van der Waals surface area contributed by atoms with Gasteiger partial charge in [-0.25, -0.2) is 15.0 Å². The van der Waals surface area contributed by atoms with Gasteiger partial charge < -0.3 is 14.6 Å². The monoisotopic (exact) mass is 403 g/mol. The van der Waals surface area contributed by atoms with Crippen molar-refractivity contribution in [1.29, 1.82) is 0 Å². The van der Waals surface area contributed by atoms with Gasteiger partial charge in [-0.05, 0) is 38.0 Å². The lowest BCUT2D eigenvalue weighted by molar-refractivity contribution is 0.0657. The fraction of sp³-hybridized carbons (Fsp3) is 0.286. The molecule has 0 radical (unpaired) electrons. The predicted octanol–water partition coefficient (Wildman–Crippen LogP) is 3.79. The van der Waals surface area contributed by atoms with Gasteiger partial charge in [0.05, 0.1) is 40.7 Å². The van der Waals surface area contributed by atoms with Gasteiger partial charge in [0.15, 0.2) is 0 Å². The molecule has 0 saturated carbocycles. The Hall–Kier alpha value is -3.59. The molecule has 1 N–H and O–H groups in total. The molecule has 9 nitrogen and oxygen atoms in total. The molecular weight excluding hydrogens is 382 g/mol. The number of aromatic nitrogens is 6. The second-order valence-corrected chi connectivity index (χ2v) is 7.12. The zero-order valence-corrected chi connectivity index (χ0v) is 16.5. The highest BCUT2D eigenvalue weighted by atomic mass is 16.5. The summed E-state index contributed by atoms with van der Waals surface area (Å²) < 4.78 is 12.4. The highest BCUT2D eigenvalue weighted by Crippen LogP contribution is 2.27. The predicted molar refractivity (Wildman–Crippen MR) is 110 cm³/mol. The molecule has 30 heavy (non-hydrogen) atoms. The van der Waals surface area contributed by atoms with Gasteiger partial charge in [0.25, 0.3) is 0 Å². The normalized spacial score (nSPS) is 14.7. The Labute approximate surface area is 173 Å². The maximum atomic E-state index is 5.46. The van der Waals surface area contributed by atoms with Crippen molar-refractivity contribution in [1.82, 2.24) is 29.9 Å². The van der Waals surface area contributed by atoms with Crippen LogP contribution in [-0.4, -0.2) is 43.1 Å². The first kappa shape index (κ1) is 18.4. The van der Waals surface area contributed by atoms with Crippen LogP contribution < -0.4 is 5.32 Å². The van der Waals surface area contributed by atoms with Crippen molar-refractivity contribution in [2.45, 2.75) is 25.8 Å². The third-order valence-electron chi connectivity index (χ3n) is 5.20. The van der Waals surface area contributed by atoms with Gasteiger partial charge in [-0.3, -0.25) is 4.68 Å². The maximum absolute atomic E-state index is 5.46. The zero-order valence-electron chi connectivity index (χ0n) is 16.5. The lowest BCUT2D eigenvalue weighted by Gasteiger charge is -2.23. The van der Waals surface area contributed by atoms with E-state index in [-0.39, 0.29) is 0 Å². The molecule has 0 bridgehead atoms. The molecule has 0 unspecified atom stereocenters. The molecular formula is C21H21N7O2. The van der Waals surface area contributed by atoms with Crippen molar-refractivity contribution in [2.24, 2.45) is 0 Å². The quantitative estimate of drug-likeness (QED) is 0.537. The molecule has 1 aliphatic heterocycles. The van der Waals surface area contributed by atoms with Crippen LogP contribution in [0.5, 0.6) is 0 Å². The number of hydrogen-bond acceptors (Lipinski definition) is 8. The first-order valence-electron chi connectivity index (χ1n) is 9.88. The molecule has 5 heterocycles. The summed E-state index contributed by atoms with van der Waals surface area (Å²) in [5, 5.41) is 11.8. The van der Waals surface area contributed by atoms with Crippen LogP contribution in [0.25, 0.3) is 22.8 Å². The summed E-state index contributed by atoms with van der Waals surface area (Å²) >= 11 is 0. The average Bonchev–Trinajstić information content (AvgIpc) is 3.46. The van der Waals surface area contributed by atoms with E-state index in [1.807, 2.05) is 30.5 Å². The molecule has 0 atom stereocenters. The minimum absolute atomic E-state index is 0.366. The largest absolute Gasteiger partial charge is 0.381 e. The molecule has 4 aromatic rings. The Morgan fingerprint density at radius 3 is 2.60 bits per heavy atom. The third kappa shape index (κ3) is 3.67. The van der Waals surface area contributed by atoms with Gasteiger partial charge >= 0.3 is 0 Å². The van der Waals surface area contributed by atoms with E-state index >= 15 is 0 Å². The number of nitrogens with one attached hydrogen (secondary N) is 1. The minimum atomic E-state index is 0.366. The van der Waals surface area contributed by atoms with Crippen LogP contribution >= 0.6 is 0 Å². The number of anilines is 2. The summed E-state index contributed by atoms with van der Waals surface area (Å²) in [6.45, 7) is 3.61. The number of pyridine rings is 1.